The molecule has 1 N–H and O–H groups in total. The van der Waals surface area contributed by atoms with E-state index in [9.17, 15) is 18.0 Å². The maximum atomic E-state index is 12.4. The third-order valence-electron chi connectivity index (χ3n) is 4.55. The molecule has 1 saturated carbocycles. The summed E-state index contributed by atoms with van der Waals surface area (Å²) in [6.07, 6.45) is 4.10. The molecule has 1 amide bonds. The van der Waals surface area contributed by atoms with Crippen molar-refractivity contribution in [1.29, 1.82) is 0 Å². The van der Waals surface area contributed by atoms with E-state index in [0.717, 1.165) is 31.2 Å². The van der Waals surface area contributed by atoms with Crippen molar-refractivity contribution in [2.75, 3.05) is 17.7 Å². The number of hydrogen-bond donors (Lipinski definition) is 1. The zero-order chi connectivity index (χ0) is 17.3. The first-order valence-corrected chi connectivity index (χ1v) is 10.9. The van der Waals surface area contributed by atoms with Gasteiger partial charge in [0, 0.05) is 10.8 Å². The van der Waals surface area contributed by atoms with Gasteiger partial charge in [0.1, 0.15) is 5.00 Å². The highest BCUT2D eigenvalue weighted by molar-refractivity contribution is 7.90. The SMILES string of the molecule is CCOC(=O)c1c(NC(=O)C2CCCC2)sc2c1CCS(=O)(=O)C2. The number of ether oxygens (including phenoxy) is 1. The zero-order valence-electron chi connectivity index (χ0n) is 13.6. The molecule has 132 valence electrons. The minimum atomic E-state index is -3.14. The van der Waals surface area contributed by atoms with Crippen molar-refractivity contribution in [2.24, 2.45) is 5.92 Å². The summed E-state index contributed by atoms with van der Waals surface area (Å²) in [6, 6.07) is 0. The summed E-state index contributed by atoms with van der Waals surface area (Å²) in [5.74, 6) is -0.642. The lowest BCUT2D eigenvalue weighted by atomic mass is 10.1. The monoisotopic (exact) mass is 371 g/mol. The lowest BCUT2D eigenvalue weighted by Gasteiger charge is -2.13. The van der Waals surface area contributed by atoms with E-state index in [0.29, 0.717) is 21.9 Å². The molecule has 1 aromatic heterocycles. The Morgan fingerprint density at radius 1 is 1.29 bits per heavy atom. The molecule has 3 rings (SSSR count). The van der Waals surface area contributed by atoms with Gasteiger partial charge in [-0.1, -0.05) is 12.8 Å². The summed E-state index contributed by atoms with van der Waals surface area (Å²) >= 11 is 1.19. The number of nitrogens with one attached hydrogen (secondary N) is 1. The minimum absolute atomic E-state index is 0.0251. The predicted molar refractivity (Wildman–Crippen MR) is 92.1 cm³/mol. The highest BCUT2D eigenvalue weighted by Gasteiger charge is 2.33. The topological polar surface area (TPSA) is 89.5 Å². The van der Waals surface area contributed by atoms with Crippen LogP contribution in [0.1, 0.15) is 53.4 Å². The predicted octanol–water partition coefficient (Wildman–Crippen LogP) is 2.52. The van der Waals surface area contributed by atoms with Gasteiger partial charge in [-0.15, -0.1) is 11.3 Å². The Balaban J connectivity index is 1.93. The van der Waals surface area contributed by atoms with Gasteiger partial charge in [-0.3, -0.25) is 4.79 Å². The van der Waals surface area contributed by atoms with Gasteiger partial charge >= 0.3 is 5.97 Å². The summed E-state index contributed by atoms with van der Waals surface area (Å²) in [5, 5.41) is 3.30. The maximum Gasteiger partial charge on any atom is 0.341 e. The second-order valence-electron chi connectivity index (χ2n) is 6.24. The number of amides is 1. The van der Waals surface area contributed by atoms with E-state index >= 15 is 0 Å². The number of esters is 1. The number of thiophene rings is 1. The van der Waals surface area contributed by atoms with Gasteiger partial charge in [0.2, 0.25) is 5.91 Å². The van der Waals surface area contributed by atoms with Crippen molar-refractivity contribution in [1.82, 2.24) is 0 Å². The second kappa shape index (κ2) is 6.84. The number of sulfone groups is 1. The highest BCUT2D eigenvalue weighted by Crippen LogP contribution is 2.39. The molecule has 2 heterocycles. The lowest BCUT2D eigenvalue weighted by molar-refractivity contribution is -0.119. The molecule has 8 heteroatoms. The first-order valence-electron chi connectivity index (χ1n) is 8.24. The molecule has 0 saturated heterocycles. The van der Waals surface area contributed by atoms with E-state index in [4.69, 9.17) is 4.74 Å². The number of hydrogen-bond acceptors (Lipinski definition) is 6. The molecule has 1 aliphatic heterocycles. The molecule has 2 aliphatic rings. The summed E-state index contributed by atoms with van der Waals surface area (Å²) in [4.78, 5) is 25.4. The van der Waals surface area contributed by atoms with Crippen LogP contribution in [0.15, 0.2) is 0 Å². The first-order chi connectivity index (χ1) is 11.4. The number of carbonyl (C=O) groups excluding carboxylic acids is 2. The van der Waals surface area contributed by atoms with Gasteiger partial charge < -0.3 is 10.1 Å². The van der Waals surface area contributed by atoms with Crippen LogP contribution in [-0.2, 0) is 31.5 Å². The Morgan fingerprint density at radius 2 is 2.00 bits per heavy atom. The molecule has 0 aromatic carbocycles. The van der Waals surface area contributed by atoms with Crippen molar-refractivity contribution in [3.8, 4) is 0 Å². The standard InChI is InChI=1S/C16H21NO5S2/c1-2-22-16(19)13-11-7-8-24(20,21)9-12(11)23-15(13)17-14(18)10-5-3-4-6-10/h10H,2-9H2,1H3,(H,17,18). The third kappa shape index (κ3) is 3.49. The minimum Gasteiger partial charge on any atom is -0.462 e. The number of anilines is 1. The number of carbonyl (C=O) groups is 2. The van der Waals surface area contributed by atoms with E-state index in [2.05, 4.69) is 5.32 Å². The van der Waals surface area contributed by atoms with Crippen LogP contribution in [0, 0.1) is 5.92 Å². The molecule has 6 nitrogen and oxygen atoms in total. The summed E-state index contributed by atoms with van der Waals surface area (Å²) in [5.41, 5.74) is 1.06. The largest absolute Gasteiger partial charge is 0.462 e. The molecule has 24 heavy (non-hydrogen) atoms. The summed E-state index contributed by atoms with van der Waals surface area (Å²) in [6.45, 7) is 1.95. The van der Waals surface area contributed by atoms with Crippen LogP contribution in [0.3, 0.4) is 0 Å². The van der Waals surface area contributed by atoms with Crippen LogP contribution in [0.25, 0.3) is 0 Å². The van der Waals surface area contributed by atoms with E-state index < -0.39 is 15.8 Å². The van der Waals surface area contributed by atoms with Crippen molar-refractivity contribution >= 4 is 38.1 Å². The van der Waals surface area contributed by atoms with Crippen LogP contribution in [0.4, 0.5) is 5.00 Å². The molecule has 1 fully saturated rings. The van der Waals surface area contributed by atoms with Crippen LogP contribution >= 0.6 is 11.3 Å². The molecule has 0 unspecified atom stereocenters. The van der Waals surface area contributed by atoms with Crippen LogP contribution in [-0.4, -0.2) is 32.7 Å². The maximum absolute atomic E-state index is 12.4. The van der Waals surface area contributed by atoms with Crippen LogP contribution in [0.5, 0.6) is 0 Å². The smallest absolute Gasteiger partial charge is 0.341 e. The fourth-order valence-electron chi connectivity index (χ4n) is 3.33. The molecule has 0 radical (unpaired) electrons. The van der Waals surface area contributed by atoms with E-state index in [1.165, 1.54) is 11.3 Å². The molecular formula is C16H21NO5S2. The Morgan fingerprint density at radius 3 is 2.67 bits per heavy atom. The van der Waals surface area contributed by atoms with Gasteiger partial charge in [-0.2, -0.15) is 0 Å². The Hall–Kier alpha value is -1.41. The van der Waals surface area contributed by atoms with Crippen molar-refractivity contribution < 1.29 is 22.7 Å². The van der Waals surface area contributed by atoms with Crippen molar-refractivity contribution in [3.63, 3.8) is 0 Å². The van der Waals surface area contributed by atoms with Gasteiger partial charge in [-0.25, -0.2) is 13.2 Å². The van der Waals surface area contributed by atoms with Gasteiger partial charge in [0.05, 0.1) is 23.7 Å². The Bertz CT molecular complexity index is 760. The van der Waals surface area contributed by atoms with E-state index in [1.54, 1.807) is 6.92 Å². The van der Waals surface area contributed by atoms with E-state index in [1.807, 2.05) is 0 Å². The molecule has 1 aromatic rings. The molecule has 0 bridgehead atoms. The third-order valence-corrected chi connectivity index (χ3v) is 7.43. The van der Waals surface area contributed by atoms with Gasteiger partial charge in [0.25, 0.3) is 0 Å². The van der Waals surface area contributed by atoms with Crippen molar-refractivity contribution in [2.45, 2.75) is 44.8 Å². The first kappa shape index (κ1) is 17.4. The van der Waals surface area contributed by atoms with Gasteiger partial charge in [0.15, 0.2) is 9.84 Å². The Labute approximate surface area is 145 Å². The second-order valence-corrected chi connectivity index (χ2v) is 9.53. The quantitative estimate of drug-likeness (QED) is 0.822. The van der Waals surface area contributed by atoms with Crippen molar-refractivity contribution in [3.05, 3.63) is 16.0 Å². The summed E-state index contributed by atoms with van der Waals surface area (Å²) < 4.78 is 28.8. The fourth-order valence-corrected chi connectivity index (χ4v) is 6.37. The zero-order valence-corrected chi connectivity index (χ0v) is 15.2. The molecule has 0 spiro atoms. The molecule has 0 atom stereocenters. The summed E-state index contributed by atoms with van der Waals surface area (Å²) in [7, 11) is -3.14. The normalized spacial score (nSPS) is 19.7. The number of rotatable bonds is 4. The van der Waals surface area contributed by atoms with Crippen LogP contribution in [0.2, 0.25) is 0 Å². The Kier molecular flexibility index (Phi) is 4.96. The molecular weight excluding hydrogens is 350 g/mol. The lowest BCUT2D eigenvalue weighted by Crippen LogP contribution is -2.22. The van der Waals surface area contributed by atoms with Gasteiger partial charge in [-0.05, 0) is 31.7 Å². The average Bonchev–Trinajstić information content (AvgIpc) is 3.13. The highest BCUT2D eigenvalue weighted by atomic mass is 32.2. The average molecular weight is 371 g/mol. The molecule has 1 aliphatic carbocycles. The van der Waals surface area contributed by atoms with Crippen LogP contribution < -0.4 is 5.32 Å². The van der Waals surface area contributed by atoms with E-state index in [-0.39, 0.29) is 29.9 Å². The number of fused-ring (bicyclic) bond motifs is 1. The fraction of sp³-hybridized carbons (Fsp3) is 0.625.